The van der Waals surface area contributed by atoms with Crippen LogP contribution >= 0.6 is 0 Å². The Kier molecular flexibility index (Phi) is 8.21. The molecule has 0 bridgehead atoms. The van der Waals surface area contributed by atoms with Gasteiger partial charge in [-0.15, -0.1) is 0 Å². The number of carbonyl (C=O) groups is 2. The normalized spacial score (nSPS) is 12.2. The zero-order valence-electron chi connectivity index (χ0n) is 18.8. The molecular formula is C23H31N3O4S. The lowest BCUT2D eigenvalue weighted by Gasteiger charge is -2.32. The first-order valence-electron chi connectivity index (χ1n) is 10.2. The molecule has 1 atom stereocenters. The van der Waals surface area contributed by atoms with E-state index >= 15 is 0 Å². The molecule has 0 aliphatic heterocycles. The van der Waals surface area contributed by atoms with E-state index in [-0.39, 0.29) is 19.0 Å². The summed E-state index contributed by atoms with van der Waals surface area (Å²) >= 11 is 0. The summed E-state index contributed by atoms with van der Waals surface area (Å²) in [5.74, 6) is -0.728. The molecule has 8 heteroatoms. The number of nitrogens with one attached hydrogen (secondary N) is 1. The molecule has 0 saturated heterocycles. The first kappa shape index (κ1) is 24.4. The number of likely N-dealkylation sites (N-methyl/N-ethyl adjacent to an activating group) is 1. The Labute approximate surface area is 185 Å². The van der Waals surface area contributed by atoms with E-state index in [0.29, 0.717) is 12.1 Å². The molecule has 31 heavy (non-hydrogen) atoms. The number of carbonyl (C=O) groups excluding carboxylic acids is 2. The molecule has 2 aromatic carbocycles. The van der Waals surface area contributed by atoms with Crippen molar-refractivity contribution in [2.45, 2.75) is 39.8 Å². The third-order valence-corrected chi connectivity index (χ3v) is 6.18. The lowest BCUT2D eigenvalue weighted by Crippen LogP contribution is -2.51. The number of nitrogens with zero attached hydrogens (tertiary/aromatic N) is 2. The molecule has 0 radical (unpaired) electrons. The van der Waals surface area contributed by atoms with Crippen molar-refractivity contribution in [2.24, 2.45) is 0 Å². The van der Waals surface area contributed by atoms with Gasteiger partial charge in [-0.05, 0) is 43.5 Å². The fourth-order valence-corrected chi connectivity index (χ4v) is 4.33. The largest absolute Gasteiger partial charge is 0.357 e. The van der Waals surface area contributed by atoms with Gasteiger partial charge in [-0.1, -0.05) is 48.9 Å². The van der Waals surface area contributed by atoms with Gasteiger partial charge in [0.2, 0.25) is 21.8 Å². The van der Waals surface area contributed by atoms with Crippen LogP contribution in [0.4, 0.5) is 5.69 Å². The Morgan fingerprint density at radius 1 is 1.03 bits per heavy atom. The van der Waals surface area contributed by atoms with Crippen LogP contribution in [-0.4, -0.2) is 51.0 Å². The molecule has 7 nitrogen and oxygen atoms in total. The maximum absolute atomic E-state index is 13.4. The fraction of sp³-hybridized carbons (Fsp3) is 0.391. The minimum atomic E-state index is -3.72. The molecule has 2 rings (SSSR count). The Bertz CT molecular complexity index is 1040. The molecule has 2 aromatic rings. The molecule has 0 aromatic heterocycles. The van der Waals surface area contributed by atoms with Crippen LogP contribution in [0.15, 0.2) is 48.5 Å². The van der Waals surface area contributed by atoms with Gasteiger partial charge in [-0.2, -0.15) is 0 Å². The van der Waals surface area contributed by atoms with Crippen molar-refractivity contribution >= 4 is 27.5 Å². The van der Waals surface area contributed by atoms with Crippen LogP contribution in [-0.2, 0) is 26.2 Å². The molecule has 1 unspecified atom stereocenters. The Balaban J connectivity index is 2.43. The molecule has 0 aliphatic carbocycles. The molecule has 168 valence electrons. The smallest absolute Gasteiger partial charge is 0.244 e. The Hall–Kier alpha value is -2.87. The zero-order chi connectivity index (χ0) is 23.2. The third kappa shape index (κ3) is 6.55. The molecule has 1 N–H and O–H groups in total. The predicted octanol–water partition coefficient (Wildman–Crippen LogP) is 2.62. The second-order valence-corrected chi connectivity index (χ2v) is 9.56. The van der Waals surface area contributed by atoms with E-state index < -0.39 is 22.0 Å². The zero-order valence-corrected chi connectivity index (χ0v) is 19.6. The first-order chi connectivity index (χ1) is 14.6. The average molecular weight is 446 g/mol. The second-order valence-electron chi connectivity index (χ2n) is 7.66. The summed E-state index contributed by atoms with van der Waals surface area (Å²) in [4.78, 5) is 27.4. The van der Waals surface area contributed by atoms with Gasteiger partial charge in [0.25, 0.3) is 0 Å². The van der Waals surface area contributed by atoms with E-state index in [0.717, 1.165) is 27.3 Å². The van der Waals surface area contributed by atoms with Crippen molar-refractivity contribution in [2.75, 3.05) is 24.2 Å². The summed E-state index contributed by atoms with van der Waals surface area (Å²) in [7, 11) is -2.19. The number of amides is 2. The summed E-state index contributed by atoms with van der Waals surface area (Å²) < 4.78 is 26.1. The number of hydrogen-bond donors (Lipinski definition) is 1. The highest BCUT2D eigenvalue weighted by atomic mass is 32.2. The van der Waals surface area contributed by atoms with Crippen molar-refractivity contribution in [3.8, 4) is 0 Å². The number of benzene rings is 2. The van der Waals surface area contributed by atoms with Gasteiger partial charge in [-0.25, -0.2) is 8.42 Å². The predicted molar refractivity (Wildman–Crippen MR) is 123 cm³/mol. The Morgan fingerprint density at radius 3 is 2.16 bits per heavy atom. The maximum atomic E-state index is 13.4. The van der Waals surface area contributed by atoms with Crippen LogP contribution in [0.3, 0.4) is 0 Å². The van der Waals surface area contributed by atoms with Crippen molar-refractivity contribution < 1.29 is 18.0 Å². The maximum Gasteiger partial charge on any atom is 0.244 e. The van der Waals surface area contributed by atoms with E-state index in [1.54, 1.807) is 18.2 Å². The van der Waals surface area contributed by atoms with Crippen molar-refractivity contribution in [3.63, 3.8) is 0 Å². The summed E-state index contributed by atoms with van der Waals surface area (Å²) in [6, 6.07) is 13.9. The van der Waals surface area contributed by atoms with Crippen LogP contribution in [0.2, 0.25) is 0 Å². The first-order valence-corrected chi connectivity index (χ1v) is 12.0. The van der Waals surface area contributed by atoms with Crippen LogP contribution in [0, 0.1) is 13.8 Å². The fourth-order valence-electron chi connectivity index (χ4n) is 3.49. The lowest BCUT2D eigenvalue weighted by molar-refractivity contribution is -0.140. The summed E-state index contributed by atoms with van der Waals surface area (Å²) in [6.07, 6.45) is 1.48. The van der Waals surface area contributed by atoms with Gasteiger partial charge in [0.15, 0.2) is 0 Å². The number of anilines is 1. The molecule has 0 spiro atoms. The van der Waals surface area contributed by atoms with Crippen molar-refractivity contribution in [1.29, 1.82) is 0 Å². The molecule has 0 saturated carbocycles. The third-order valence-electron chi connectivity index (χ3n) is 5.04. The molecule has 0 aliphatic rings. The summed E-state index contributed by atoms with van der Waals surface area (Å²) in [5.41, 5.74) is 3.21. The quantitative estimate of drug-likeness (QED) is 0.643. The summed E-state index contributed by atoms with van der Waals surface area (Å²) in [6.45, 7) is 5.45. The molecular weight excluding hydrogens is 414 g/mol. The topological polar surface area (TPSA) is 86.8 Å². The average Bonchev–Trinajstić information content (AvgIpc) is 2.70. The van der Waals surface area contributed by atoms with Gasteiger partial charge < -0.3 is 10.2 Å². The Morgan fingerprint density at radius 2 is 1.65 bits per heavy atom. The standard InChI is InChI=1S/C23H31N3O4S/c1-6-21(23(28)24-4)25(15-19-11-7-9-17(2)13-19)22(27)16-26(31(5,29)30)20-12-8-10-18(3)14-20/h7-14,21H,6,15-16H2,1-5H3,(H,24,28). The van der Waals surface area contributed by atoms with Crippen LogP contribution in [0.5, 0.6) is 0 Å². The van der Waals surface area contributed by atoms with E-state index in [1.165, 1.54) is 11.9 Å². The van der Waals surface area contributed by atoms with Gasteiger partial charge in [0, 0.05) is 13.6 Å². The van der Waals surface area contributed by atoms with E-state index in [4.69, 9.17) is 0 Å². The SMILES string of the molecule is CCC(C(=O)NC)N(Cc1cccc(C)c1)C(=O)CN(c1cccc(C)c1)S(C)(=O)=O. The van der Waals surface area contributed by atoms with E-state index in [9.17, 15) is 18.0 Å². The van der Waals surface area contributed by atoms with Crippen LogP contribution < -0.4 is 9.62 Å². The second kappa shape index (κ2) is 10.4. The van der Waals surface area contributed by atoms with E-state index in [2.05, 4.69) is 5.32 Å². The van der Waals surface area contributed by atoms with Crippen LogP contribution in [0.1, 0.15) is 30.0 Å². The summed E-state index contributed by atoms with van der Waals surface area (Å²) in [5, 5.41) is 2.61. The monoisotopic (exact) mass is 445 g/mol. The van der Waals surface area contributed by atoms with Crippen molar-refractivity contribution in [1.82, 2.24) is 10.2 Å². The van der Waals surface area contributed by atoms with Gasteiger partial charge in [-0.3, -0.25) is 13.9 Å². The highest BCUT2D eigenvalue weighted by molar-refractivity contribution is 7.92. The number of aryl methyl sites for hydroxylation is 2. The number of sulfonamides is 1. The van der Waals surface area contributed by atoms with Gasteiger partial charge in [0.05, 0.1) is 11.9 Å². The highest BCUT2D eigenvalue weighted by Gasteiger charge is 2.31. The number of hydrogen-bond acceptors (Lipinski definition) is 4. The van der Waals surface area contributed by atoms with Gasteiger partial charge >= 0.3 is 0 Å². The highest BCUT2D eigenvalue weighted by Crippen LogP contribution is 2.21. The molecule has 2 amide bonds. The minimum absolute atomic E-state index is 0.206. The number of rotatable bonds is 9. The van der Waals surface area contributed by atoms with E-state index in [1.807, 2.05) is 51.1 Å². The van der Waals surface area contributed by atoms with Gasteiger partial charge in [0.1, 0.15) is 12.6 Å². The molecule has 0 heterocycles. The minimum Gasteiger partial charge on any atom is -0.357 e. The van der Waals surface area contributed by atoms with Crippen molar-refractivity contribution in [3.05, 3.63) is 65.2 Å². The molecule has 0 fully saturated rings. The van der Waals surface area contributed by atoms with Crippen LogP contribution in [0.25, 0.3) is 0 Å². The lowest BCUT2D eigenvalue weighted by atomic mass is 10.1.